The molecule has 0 unspecified atom stereocenters. The summed E-state index contributed by atoms with van der Waals surface area (Å²) < 4.78 is 35.3. The van der Waals surface area contributed by atoms with Gasteiger partial charge < -0.3 is 15.0 Å². The number of carbonyl (C=O) groups excluding carboxylic acids is 1. The summed E-state index contributed by atoms with van der Waals surface area (Å²) in [5.74, 6) is 0.449. The number of anilines is 1. The first-order valence-electron chi connectivity index (χ1n) is 12.4. The molecule has 2 aliphatic rings. The Kier molecular flexibility index (Phi) is 6.67. The molecule has 3 aromatic rings. The molecule has 0 bridgehead atoms. The third kappa shape index (κ3) is 4.93. The number of benzene rings is 1. The van der Waals surface area contributed by atoms with Crippen molar-refractivity contribution in [2.45, 2.75) is 49.1 Å². The van der Waals surface area contributed by atoms with Crippen molar-refractivity contribution >= 4 is 21.7 Å². The number of nitrogens with one attached hydrogen (secondary N) is 2. The minimum absolute atomic E-state index is 0.176. The lowest BCUT2D eigenvalue weighted by Crippen LogP contribution is -2.48. The van der Waals surface area contributed by atoms with E-state index in [1.165, 1.54) is 6.07 Å². The topological polar surface area (TPSA) is 118 Å². The van der Waals surface area contributed by atoms with Crippen molar-refractivity contribution in [3.63, 3.8) is 0 Å². The van der Waals surface area contributed by atoms with Gasteiger partial charge in [0.25, 0.3) is 10.0 Å². The number of likely N-dealkylation sites (N-methyl/N-ethyl adjacent to an activating group) is 1. The summed E-state index contributed by atoms with van der Waals surface area (Å²) in [7, 11) is 1.35. The van der Waals surface area contributed by atoms with E-state index in [-0.39, 0.29) is 10.6 Å². The van der Waals surface area contributed by atoms with Gasteiger partial charge in [-0.05, 0) is 81.4 Å². The van der Waals surface area contributed by atoms with E-state index in [1.54, 1.807) is 30.3 Å². The number of nitrogens with zero attached hydrogens (tertiary/aromatic N) is 4. The maximum absolute atomic E-state index is 13.1. The van der Waals surface area contributed by atoms with E-state index < -0.39 is 16.1 Å². The minimum atomic E-state index is -4.17. The number of amides is 2. The lowest BCUT2D eigenvalue weighted by molar-refractivity contribution is 0.0835. The van der Waals surface area contributed by atoms with Crippen LogP contribution in [-0.4, -0.2) is 61.9 Å². The zero-order chi connectivity index (χ0) is 26.2. The largest absolute Gasteiger partial charge is 0.481 e. The van der Waals surface area contributed by atoms with E-state index in [4.69, 9.17) is 4.74 Å². The fraction of sp³-hybridized carbons (Fsp3) is 0.423. The summed E-state index contributed by atoms with van der Waals surface area (Å²) in [6, 6.07) is 8.22. The first-order chi connectivity index (χ1) is 17.7. The van der Waals surface area contributed by atoms with E-state index >= 15 is 0 Å². The van der Waals surface area contributed by atoms with Crippen molar-refractivity contribution in [2.24, 2.45) is 0 Å². The van der Waals surface area contributed by atoms with Gasteiger partial charge in [-0.3, -0.25) is 4.68 Å². The standard InChI is InChI=1S/C26H32N6O4S/c1-31(2)17-26(12-5-13-26)32-15-11-23(29-32)37(34,35)30-25(33)28-24-20-7-4-6-18(20)8-9-21(24)19-10-14-27-22(16-19)36-3/h8-11,14-16H,4-7,12-13,17H2,1-3H3,(H2,28,30,33). The number of hydrogen-bond acceptors (Lipinski definition) is 7. The number of fused-ring (bicyclic) bond motifs is 1. The summed E-state index contributed by atoms with van der Waals surface area (Å²) >= 11 is 0. The molecule has 2 N–H and O–H groups in total. The number of hydrogen-bond donors (Lipinski definition) is 2. The zero-order valence-corrected chi connectivity index (χ0v) is 22.1. The van der Waals surface area contributed by atoms with Crippen LogP contribution in [0.5, 0.6) is 5.88 Å². The third-order valence-corrected chi connectivity index (χ3v) is 8.45. The van der Waals surface area contributed by atoms with Crippen LogP contribution in [-0.2, 0) is 28.4 Å². The molecule has 0 spiro atoms. The Morgan fingerprint density at radius 3 is 2.68 bits per heavy atom. The Labute approximate surface area is 217 Å². The van der Waals surface area contributed by atoms with Crippen LogP contribution in [0.2, 0.25) is 0 Å². The maximum atomic E-state index is 13.1. The number of carbonyl (C=O) groups is 1. The van der Waals surface area contributed by atoms with Crippen LogP contribution in [0.3, 0.4) is 0 Å². The third-order valence-electron chi connectivity index (χ3n) is 7.22. The summed E-state index contributed by atoms with van der Waals surface area (Å²) in [6.45, 7) is 0.768. The van der Waals surface area contributed by atoms with Crippen LogP contribution in [0, 0.1) is 0 Å². The normalized spacial score (nSPS) is 16.2. The molecule has 0 atom stereocenters. The van der Waals surface area contributed by atoms with Crippen molar-refractivity contribution in [3.8, 4) is 17.0 Å². The lowest BCUT2D eigenvalue weighted by atomic mass is 9.76. The molecule has 0 radical (unpaired) electrons. The highest BCUT2D eigenvalue weighted by atomic mass is 32.2. The monoisotopic (exact) mass is 524 g/mol. The van der Waals surface area contributed by atoms with Crippen LogP contribution in [0.1, 0.15) is 36.8 Å². The second-order valence-electron chi connectivity index (χ2n) is 10.0. The van der Waals surface area contributed by atoms with Crippen molar-refractivity contribution in [1.82, 2.24) is 24.4 Å². The average molecular weight is 525 g/mol. The van der Waals surface area contributed by atoms with E-state index in [2.05, 4.69) is 31.1 Å². The minimum Gasteiger partial charge on any atom is -0.481 e. The van der Waals surface area contributed by atoms with Crippen molar-refractivity contribution in [2.75, 3.05) is 33.1 Å². The maximum Gasteiger partial charge on any atom is 0.333 e. The first-order valence-corrected chi connectivity index (χ1v) is 13.9. The molecular formula is C26H32N6O4S. The van der Waals surface area contributed by atoms with Gasteiger partial charge in [0.1, 0.15) is 0 Å². The molecule has 2 amide bonds. The second kappa shape index (κ2) is 9.79. The van der Waals surface area contributed by atoms with Gasteiger partial charge in [0.15, 0.2) is 5.03 Å². The highest BCUT2D eigenvalue weighted by Gasteiger charge is 2.40. The number of methoxy groups -OCH3 is 1. The van der Waals surface area contributed by atoms with Crippen molar-refractivity contribution in [1.29, 1.82) is 0 Å². The number of urea groups is 1. The zero-order valence-electron chi connectivity index (χ0n) is 21.3. The Balaban J connectivity index is 1.39. The van der Waals surface area contributed by atoms with Gasteiger partial charge in [-0.15, -0.1) is 0 Å². The van der Waals surface area contributed by atoms with Crippen LogP contribution in [0.25, 0.3) is 11.1 Å². The van der Waals surface area contributed by atoms with Crippen LogP contribution >= 0.6 is 0 Å². The lowest BCUT2D eigenvalue weighted by Gasteiger charge is -2.43. The van der Waals surface area contributed by atoms with E-state index in [0.717, 1.165) is 67.3 Å². The van der Waals surface area contributed by atoms with Gasteiger partial charge in [-0.25, -0.2) is 14.5 Å². The second-order valence-corrected chi connectivity index (χ2v) is 11.7. The predicted molar refractivity (Wildman–Crippen MR) is 140 cm³/mol. The molecule has 1 fully saturated rings. The molecule has 1 aromatic carbocycles. The summed E-state index contributed by atoms with van der Waals surface area (Å²) in [5, 5.41) is 7.02. The van der Waals surface area contributed by atoms with E-state index in [1.807, 2.05) is 26.2 Å². The SMILES string of the molecule is COc1cc(-c2ccc3c(c2NC(=O)NS(=O)(=O)c2ccn(C4(CN(C)C)CCC4)n2)CCC3)ccn1. The van der Waals surface area contributed by atoms with Gasteiger partial charge in [0.05, 0.1) is 18.3 Å². The van der Waals surface area contributed by atoms with Crippen molar-refractivity contribution < 1.29 is 17.9 Å². The molecule has 5 rings (SSSR count). The molecule has 196 valence electrons. The quantitative estimate of drug-likeness (QED) is 0.464. The highest BCUT2D eigenvalue weighted by Crippen LogP contribution is 2.40. The number of pyridine rings is 1. The summed E-state index contributed by atoms with van der Waals surface area (Å²) in [4.78, 5) is 19.3. The van der Waals surface area contributed by atoms with E-state index in [9.17, 15) is 13.2 Å². The summed E-state index contributed by atoms with van der Waals surface area (Å²) in [5.41, 5.74) is 4.12. The van der Waals surface area contributed by atoms with Gasteiger partial charge >= 0.3 is 6.03 Å². The number of aryl methyl sites for hydroxylation is 1. The Bertz CT molecular complexity index is 1430. The number of rotatable bonds is 8. The smallest absolute Gasteiger partial charge is 0.333 e. The molecule has 2 aromatic heterocycles. The Morgan fingerprint density at radius 1 is 1.16 bits per heavy atom. The van der Waals surface area contributed by atoms with Crippen LogP contribution < -0.4 is 14.8 Å². The van der Waals surface area contributed by atoms with Crippen molar-refractivity contribution in [3.05, 3.63) is 53.9 Å². The highest BCUT2D eigenvalue weighted by molar-refractivity contribution is 7.90. The molecule has 1 saturated carbocycles. The number of sulfonamides is 1. The molecule has 0 saturated heterocycles. The fourth-order valence-electron chi connectivity index (χ4n) is 5.40. The van der Waals surface area contributed by atoms with E-state index in [0.29, 0.717) is 11.6 Å². The molecule has 2 aliphatic carbocycles. The predicted octanol–water partition coefficient (Wildman–Crippen LogP) is 3.39. The average Bonchev–Trinajstić information content (AvgIpc) is 3.52. The van der Waals surface area contributed by atoms with Crippen LogP contribution in [0.4, 0.5) is 10.5 Å². The summed E-state index contributed by atoms with van der Waals surface area (Å²) in [6.07, 6.45) is 8.94. The molecule has 2 heterocycles. The fourth-order valence-corrected chi connectivity index (χ4v) is 6.23. The molecule has 10 nitrogen and oxygen atoms in total. The Morgan fingerprint density at radius 2 is 1.97 bits per heavy atom. The van der Waals surface area contributed by atoms with Gasteiger partial charge in [-0.2, -0.15) is 13.5 Å². The molecular weight excluding hydrogens is 492 g/mol. The van der Waals surface area contributed by atoms with Gasteiger partial charge in [0.2, 0.25) is 5.88 Å². The molecule has 37 heavy (non-hydrogen) atoms. The first kappa shape index (κ1) is 25.2. The molecule has 11 heteroatoms. The van der Waals surface area contributed by atoms with Gasteiger partial charge in [0, 0.05) is 30.6 Å². The Hall–Kier alpha value is -3.44. The van der Waals surface area contributed by atoms with Gasteiger partial charge in [-0.1, -0.05) is 12.1 Å². The number of aromatic nitrogens is 3. The number of ether oxygens (including phenoxy) is 1. The van der Waals surface area contributed by atoms with Crippen LogP contribution in [0.15, 0.2) is 47.8 Å². The molecule has 0 aliphatic heterocycles.